The quantitative estimate of drug-likeness (QED) is 0.0211. The van der Waals surface area contributed by atoms with E-state index < -0.39 is 214 Å². The van der Waals surface area contributed by atoms with Crippen molar-refractivity contribution in [3.63, 3.8) is 0 Å². The third kappa shape index (κ3) is 22.2. The summed E-state index contributed by atoms with van der Waals surface area (Å²) in [5, 5.41) is 118. The summed E-state index contributed by atoms with van der Waals surface area (Å²) in [4.78, 5) is 130. The molecule has 7 aliphatic heterocycles. The van der Waals surface area contributed by atoms with E-state index in [1.54, 1.807) is 26.0 Å². The van der Waals surface area contributed by atoms with Gasteiger partial charge in [-0.15, -0.1) is 0 Å². The van der Waals surface area contributed by atoms with Gasteiger partial charge in [0.15, 0.2) is 30.0 Å². The van der Waals surface area contributed by atoms with Gasteiger partial charge in [-0.05, 0) is 203 Å². The molecule has 7 heterocycles. The Morgan fingerprint density at radius 3 is 2.05 bits per heavy atom. The number of fused-ring (bicyclic) bond motifs is 17. The third-order valence-electron chi connectivity index (χ3n) is 22.6. The van der Waals surface area contributed by atoms with Gasteiger partial charge in [0.1, 0.15) is 102 Å². The summed E-state index contributed by atoms with van der Waals surface area (Å²) in [5.74, 6) is -11.6. The first-order valence-electron chi connectivity index (χ1n) is 41.2. The molecule has 7 bridgehead atoms. The number of phenolic OH excluding ortho intramolecular Hbond substituents is 2. The van der Waals surface area contributed by atoms with Crippen LogP contribution in [-0.2, 0) is 73.9 Å². The van der Waals surface area contributed by atoms with Crippen LogP contribution >= 0.6 is 11.6 Å². The first-order chi connectivity index (χ1) is 59.9. The number of carbonyl (C=O) groups is 9. The van der Waals surface area contributed by atoms with Crippen molar-refractivity contribution in [1.29, 1.82) is 0 Å². The lowest BCUT2D eigenvalue weighted by Crippen LogP contribution is -2.63. The molecule has 0 saturated carbocycles. The Morgan fingerprint density at radius 2 is 1.40 bits per heavy atom. The number of amides is 7. The average Bonchev–Trinajstić information content (AvgIpc) is 1.65. The molecule has 6 aromatic carbocycles. The number of rotatable bonds is 32. The molecule has 0 aromatic heterocycles. The van der Waals surface area contributed by atoms with Gasteiger partial charge in [-0.2, -0.15) is 0 Å². The van der Waals surface area contributed by atoms with Gasteiger partial charge < -0.3 is 137 Å². The van der Waals surface area contributed by atoms with Crippen LogP contribution in [0.5, 0.6) is 46.0 Å². The highest BCUT2D eigenvalue weighted by Gasteiger charge is 2.56. The molecule has 126 heavy (non-hydrogen) atoms. The van der Waals surface area contributed by atoms with Gasteiger partial charge in [-0.1, -0.05) is 63.4 Å². The fourth-order valence-corrected chi connectivity index (χ4v) is 17.2. The van der Waals surface area contributed by atoms with Crippen LogP contribution in [-0.4, -0.2) is 222 Å². The fourth-order valence-electron chi connectivity index (χ4n) is 15.9. The van der Waals surface area contributed by atoms with Crippen molar-refractivity contribution in [1.82, 2.24) is 52.6 Å². The maximum Gasteiger partial charge on any atom is 0.408 e. The van der Waals surface area contributed by atoms with E-state index in [1.807, 2.05) is 13.8 Å². The minimum absolute atomic E-state index is 0.0353. The Kier molecular flexibility index (Phi) is 31.7. The largest absolute Gasteiger partial charge is 0.508 e. The van der Waals surface area contributed by atoms with Crippen LogP contribution in [0.25, 0.3) is 11.1 Å². The van der Waals surface area contributed by atoms with Crippen LogP contribution in [0.3, 0.4) is 0 Å². The second-order valence-electron chi connectivity index (χ2n) is 32.3. The van der Waals surface area contributed by atoms with Crippen LogP contribution in [0.2, 0.25) is 5.02 Å². The van der Waals surface area contributed by atoms with Crippen LogP contribution in [0, 0.1) is 19.8 Å². The van der Waals surface area contributed by atoms with Gasteiger partial charge in [0.25, 0.3) is 0 Å². The molecule has 3 fully saturated rings. The van der Waals surface area contributed by atoms with Crippen molar-refractivity contribution in [3.05, 3.63) is 147 Å². The normalized spacial score (nSPS) is 25.6. The summed E-state index contributed by atoms with van der Waals surface area (Å²) >= 11 is 7.11. The predicted octanol–water partition coefficient (Wildman–Crippen LogP) is 3.86. The van der Waals surface area contributed by atoms with Gasteiger partial charge >= 0.3 is 12.1 Å². The molecule has 18 atom stereocenters. The highest BCUT2D eigenvalue weighted by atomic mass is 35.5. The summed E-state index contributed by atoms with van der Waals surface area (Å²) in [7, 11) is -1.11. The second-order valence-corrected chi connectivity index (χ2v) is 34.4. The molecular weight excluding hydrogens is 1690 g/mol. The monoisotopic (exact) mass is 1790 g/mol. The maximum atomic E-state index is 16.5. The first-order valence-corrected chi connectivity index (χ1v) is 43.1. The molecule has 7 aliphatic rings. The highest BCUT2D eigenvalue weighted by molar-refractivity contribution is 7.89. The number of likely N-dealkylation sites (N-methyl/N-ethyl adjacent to an activating group) is 2. The Balaban J connectivity index is 1.05. The minimum atomic E-state index is -3.92. The Hall–Kier alpha value is -10.9. The van der Waals surface area contributed by atoms with Crippen molar-refractivity contribution < 1.29 is 130 Å². The molecule has 38 nitrogen and oxygen atoms in total. The number of primary amides is 1. The number of carboxylic acids is 1. The zero-order chi connectivity index (χ0) is 91.5. The Labute approximate surface area is 731 Å². The minimum Gasteiger partial charge on any atom is -0.508 e. The predicted molar refractivity (Wildman–Crippen MR) is 450 cm³/mol. The van der Waals surface area contributed by atoms with E-state index in [4.69, 9.17) is 55.2 Å². The van der Waals surface area contributed by atoms with Crippen molar-refractivity contribution in [2.45, 2.75) is 221 Å². The summed E-state index contributed by atoms with van der Waals surface area (Å²) < 4.78 is 79.8. The summed E-state index contributed by atoms with van der Waals surface area (Å²) in [6, 6.07) is 7.17. The number of nitrogens with one attached hydrogen (secondary N) is 10. The van der Waals surface area contributed by atoms with Gasteiger partial charge in [-0.3, -0.25) is 33.6 Å². The smallest absolute Gasteiger partial charge is 0.408 e. The zero-order valence-electron chi connectivity index (χ0n) is 70.6. The molecule has 0 spiro atoms. The molecule has 7 amide bonds. The van der Waals surface area contributed by atoms with Crippen molar-refractivity contribution in [3.8, 4) is 57.1 Å². The topological polar surface area (TPSA) is 570 Å². The van der Waals surface area contributed by atoms with Gasteiger partial charge in [0, 0.05) is 30.6 Å². The number of hydrogen-bond donors (Lipinski definition) is 19. The fraction of sp³-hybridized carbons (Fsp3) is 0.477. The molecule has 682 valence electrons. The molecule has 13 rings (SSSR count). The number of phenols is 2. The number of hydrogen-bond acceptors (Lipinski definition) is 29. The van der Waals surface area contributed by atoms with Crippen molar-refractivity contribution >= 4 is 75.4 Å². The number of alkyl carbamates (subject to hydrolysis) is 1. The number of nitrogens with two attached hydrogens (primary N) is 1. The number of halogens is 1. The molecule has 40 heteroatoms. The number of sulfonamides is 1. The number of aldehydes is 1. The van der Waals surface area contributed by atoms with E-state index in [2.05, 4.69) is 59.5 Å². The number of unbranched alkanes of at least 4 members (excludes halogenated alkanes) is 3. The van der Waals surface area contributed by atoms with E-state index >= 15 is 19.2 Å². The molecular formula is C86H108ClN11O27S. The second kappa shape index (κ2) is 41.7. The van der Waals surface area contributed by atoms with E-state index in [0.717, 1.165) is 55.7 Å². The molecule has 0 unspecified atom stereocenters. The van der Waals surface area contributed by atoms with Crippen molar-refractivity contribution in [2.24, 2.45) is 11.7 Å². The number of aliphatic carboxylic acids is 1. The number of aliphatic hydroxyl groups is 5. The number of carbonyl (C=O) groups excluding carboxylic acids is 8. The van der Waals surface area contributed by atoms with E-state index in [9.17, 15) is 73.2 Å². The number of benzene rings is 6. The molecule has 0 aliphatic carbocycles. The highest BCUT2D eigenvalue weighted by Crippen LogP contribution is 2.50. The van der Waals surface area contributed by atoms with Crippen LogP contribution in [0.1, 0.15) is 161 Å². The lowest BCUT2D eigenvalue weighted by molar-refractivity contribution is -0.332. The van der Waals surface area contributed by atoms with Gasteiger partial charge in [0.05, 0.1) is 47.2 Å². The SMILES string of the molecule is CCCCCOc1ccc(S(=O)(=O)NCCCCNCc2c(O)cc([C@H](NC)C(=O)O)c(-c3cc([C@H]4NC(=O)[C@@H]5NC(=O)[C@H](CC(N)=O)NC(=O)[C@H](NC(=O)[C@@H](CC(C)C)NC)[C@H](O)c6ccc(c(C)c6)Oc6cc5cc(c6O[C@@H]5O[C@H](CO)[C@@H](O)[C@H](O)[C@H]5O[C@H]5C[C@]6(C)NC(=O)O[C@@H]6[C@H](C)O5)Oc5ccc(cc5Cl)[C@@H](O)[C@@H](C=O)NC4=O)ccc3O)c2C)cc1. The van der Waals surface area contributed by atoms with E-state index in [-0.39, 0.29) is 116 Å². The molecule has 0 radical (unpaired) electrons. The molecule has 3 saturated heterocycles. The molecule has 20 N–H and O–H groups in total. The van der Waals surface area contributed by atoms with E-state index in [1.165, 1.54) is 76.5 Å². The number of aliphatic hydroxyl groups excluding tert-OH is 5. The lowest BCUT2D eigenvalue weighted by Gasteiger charge is -2.46. The number of carboxylic acid groups (broad SMARTS) is 1. The van der Waals surface area contributed by atoms with Crippen LogP contribution in [0.4, 0.5) is 4.79 Å². The third-order valence-corrected chi connectivity index (χ3v) is 24.3. The maximum absolute atomic E-state index is 16.5. The molecule has 6 aromatic rings. The number of aromatic hydroxyl groups is 2. The number of aryl methyl sites for hydroxylation is 1. The average molecular weight is 1800 g/mol. The van der Waals surface area contributed by atoms with Crippen LogP contribution < -0.4 is 77.3 Å². The zero-order valence-corrected chi connectivity index (χ0v) is 72.2. The van der Waals surface area contributed by atoms with Gasteiger partial charge in [0.2, 0.25) is 57.5 Å². The lowest BCUT2D eigenvalue weighted by atomic mass is 9.86. The Bertz CT molecular complexity index is 5130. The summed E-state index contributed by atoms with van der Waals surface area (Å²) in [5.41, 5.74) is 3.84. The van der Waals surface area contributed by atoms with Crippen LogP contribution in [0.15, 0.2) is 102 Å². The van der Waals surface area contributed by atoms with E-state index in [0.29, 0.717) is 25.2 Å². The van der Waals surface area contributed by atoms with Gasteiger partial charge in [-0.25, -0.2) is 17.9 Å². The first kappa shape index (κ1) is 95.8. The number of ether oxygens (including phenoxy) is 8. The summed E-state index contributed by atoms with van der Waals surface area (Å²) in [6.07, 6.45) is -14.6. The van der Waals surface area contributed by atoms with Crippen molar-refractivity contribution in [2.75, 3.05) is 40.4 Å². The summed E-state index contributed by atoms with van der Waals surface area (Å²) in [6.45, 7) is 11.7. The Morgan fingerprint density at radius 1 is 0.746 bits per heavy atom. The standard InChI is InChI=1S/C86H108ClN11O27S/c1-10-11-14-27-118-48-18-20-49(21-19-48)126(116,117)92-26-13-12-25-91-37-52-42(5)66(51(34-58(52)102)69(90-9)83(113)114)50-30-44(15-22-57(50)101)67-80(110)94-56(38-99)71(104)46-17-24-60(53(87)31-46)121-62-33-47-32-61(75(62)124-84-76(74(107)73(106)63(39-100)122-84)123-65-36-86(7)77(43(6)119-65)125-85(115)98-86)120-59-23-16-45(29-41(59)4)72(105)70(97-78(108)54(89-8)28-40(2)3)82(112)93-55(35-64(88)103)79(109)95-68(47)81(111)96-67/h15-24,29-34,38,40,43,54-56,63,65,67-74,76-77,84,89-92,100-102,104-107H,10-14,25-28,35-37,39H2,1-9H3,(H2,88,103)(H,93,112)(H,94,110)(H,95,109)(H,96,111)(H,97,108)(H,98,115)(H,113,114)/t43-,54+,55-,56+,63+,65-,67+,68+,69-,70+,71+,72+,73+,74-,76+,77+,84-,86-/m0/s1.